The van der Waals surface area contributed by atoms with Crippen molar-refractivity contribution >= 4 is 17.3 Å². The standard InChI is InChI=1S/C13H18N2O/c1-10(2)7-8-15-12-6-4-3-5-11(12)14-9-13(15)16/h3-6,10,14H,7-9H2,1-2H3. The van der Waals surface area contributed by atoms with Crippen molar-refractivity contribution in [3.05, 3.63) is 24.3 Å². The summed E-state index contributed by atoms with van der Waals surface area (Å²) >= 11 is 0. The molecule has 3 nitrogen and oxygen atoms in total. The summed E-state index contributed by atoms with van der Waals surface area (Å²) in [6.45, 7) is 5.58. The second kappa shape index (κ2) is 4.56. The maximum atomic E-state index is 11.8. The number of fused-ring (bicyclic) bond motifs is 1. The van der Waals surface area contributed by atoms with E-state index in [-0.39, 0.29) is 5.91 Å². The number of amides is 1. The molecule has 1 aromatic rings. The molecule has 86 valence electrons. The lowest BCUT2D eigenvalue weighted by atomic mass is 10.1. The first-order valence-corrected chi connectivity index (χ1v) is 5.81. The van der Waals surface area contributed by atoms with E-state index >= 15 is 0 Å². The Hall–Kier alpha value is -1.51. The van der Waals surface area contributed by atoms with Crippen LogP contribution in [0.1, 0.15) is 20.3 Å². The van der Waals surface area contributed by atoms with Gasteiger partial charge in [-0.1, -0.05) is 26.0 Å². The molecule has 0 fully saturated rings. The zero-order valence-corrected chi connectivity index (χ0v) is 9.86. The highest BCUT2D eigenvalue weighted by Gasteiger charge is 2.22. The van der Waals surface area contributed by atoms with Gasteiger partial charge >= 0.3 is 0 Å². The second-order valence-corrected chi connectivity index (χ2v) is 4.60. The van der Waals surface area contributed by atoms with Crippen LogP contribution in [-0.2, 0) is 4.79 Å². The van der Waals surface area contributed by atoms with Crippen molar-refractivity contribution in [2.45, 2.75) is 20.3 Å². The molecule has 1 heterocycles. The van der Waals surface area contributed by atoms with Crippen molar-refractivity contribution in [2.24, 2.45) is 5.92 Å². The van der Waals surface area contributed by atoms with E-state index < -0.39 is 0 Å². The quantitative estimate of drug-likeness (QED) is 0.845. The molecule has 0 radical (unpaired) electrons. The van der Waals surface area contributed by atoms with Crippen molar-refractivity contribution < 1.29 is 4.79 Å². The molecule has 2 rings (SSSR count). The summed E-state index contributed by atoms with van der Waals surface area (Å²) in [6.07, 6.45) is 1.04. The number of hydrogen-bond acceptors (Lipinski definition) is 2. The van der Waals surface area contributed by atoms with Gasteiger partial charge in [-0.2, -0.15) is 0 Å². The zero-order valence-electron chi connectivity index (χ0n) is 9.86. The summed E-state index contributed by atoms with van der Waals surface area (Å²) in [5.41, 5.74) is 2.07. The van der Waals surface area contributed by atoms with Crippen LogP contribution < -0.4 is 10.2 Å². The summed E-state index contributed by atoms with van der Waals surface area (Å²) in [6, 6.07) is 7.98. The van der Waals surface area contributed by atoms with E-state index in [9.17, 15) is 4.79 Å². The Kier molecular flexibility index (Phi) is 3.13. The molecule has 0 spiro atoms. The van der Waals surface area contributed by atoms with E-state index in [1.54, 1.807) is 0 Å². The molecule has 0 aromatic heterocycles. The first kappa shape index (κ1) is 11.0. The predicted molar refractivity (Wildman–Crippen MR) is 66.7 cm³/mol. The first-order chi connectivity index (χ1) is 7.68. The second-order valence-electron chi connectivity index (χ2n) is 4.60. The Labute approximate surface area is 96.5 Å². The number of hydrogen-bond donors (Lipinski definition) is 1. The smallest absolute Gasteiger partial charge is 0.246 e. The molecule has 0 atom stereocenters. The Bertz CT molecular complexity index is 387. The van der Waals surface area contributed by atoms with Crippen LogP contribution in [0.15, 0.2) is 24.3 Å². The molecule has 0 unspecified atom stereocenters. The van der Waals surface area contributed by atoms with Crippen molar-refractivity contribution in [1.29, 1.82) is 0 Å². The fourth-order valence-corrected chi connectivity index (χ4v) is 1.89. The topological polar surface area (TPSA) is 32.3 Å². The van der Waals surface area contributed by atoms with Gasteiger partial charge in [-0.25, -0.2) is 0 Å². The van der Waals surface area contributed by atoms with Crippen LogP contribution in [-0.4, -0.2) is 19.0 Å². The van der Waals surface area contributed by atoms with E-state index in [1.165, 1.54) is 0 Å². The highest BCUT2D eigenvalue weighted by Crippen LogP contribution is 2.29. The van der Waals surface area contributed by atoms with Gasteiger partial charge in [0.05, 0.1) is 17.9 Å². The van der Waals surface area contributed by atoms with E-state index in [2.05, 4.69) is 19.2 Å². The van der Waals surface area contributed by atoms with E-state index in [0.717, 1.165) is 24.3 Å². The van der Waals surface area contributed by atoms with Gasteiger partial charge in [0.25, 0.3) is 0 Å². The minimum Gasteiger partial charge on any atom is -0.374 e. The average Bonchev–Trinajstić information content (AvgIpc) is 2.27. The fraction of sp³-hybridized carbons (Fsp3) is 0.462. The summed E-state index contributed by atoms with van der Waals surface area (Å²) < 4.78 is 0. The lowest BCUT2D eigenvalue weighted by Gasteiger charge is -2.30. The molecule has 0 aliphatic carbocycles. The van der Waals surface area contributed by atoms with Crippen LogP contribution in [0.4, 0.5) is 11.4 Å². The van der Waals surface area contributed by atoms with Gasteiger partial charge < -0.3 is 10.2 Å². The number of benzene rings is 1. The molecule has 1 amide bonds. The van der Waals surface area contributed by atoms with Gasteiger partial charge in [-0.3, -0.25) is 4.79 Å². The Morgan fingerprint density at radius 1 is 1.38 bits per heavy atom. The summed E-state index contributed by atoms with van der Waals surface area (Å²) in [5, 5.41) is 3.14. The summed E-state index contributed by atoms with van der Waals surface area (Å²) in [4.78, 5) is 13.7. The Morgan fingerprint density at radius 2 is 2.12 bits per heavy atom. The average molecular weight is 218 g/mol. The van der Waals surface area contributed by atoms with Crippen LogP contribution in [0.2, 0.25) is 0 Å². The van der Waals surface area contributed by atoms with Crippen molar-refractivity contribution in [1.82, 2.24) is 0 Å². The zero-order chi connectivity index (χ0) is 11.5. The maximum Gasteiger partial charge on any atom is 0.246 e. The molecular formula is C13H18N2O. The minimum atomic E-state index is 0.166. The van der Waals surface area contributed by atoms with Crippen LogP contribution in [0, 0.1) is 5.92 Å². The molecule has 3 heteroatoms. The molecule has 1 N–H and O–H groups in total. The third-order valence-corrected chi connectivity index (χ3v) is 2.86. The molecule has 1 aliphatic rings. The third-order valence-electron chi connectivity index (χ3n) is 2.86. The van der Waals surface area contributed by atoms with Gasteiger partial charge in [0.1, 0.15) is 0 Å². The van der Waals surface area contributed by atoms with Gasteiger partial charge in [0, 0.05) is 6.54 Å². The molecule has 0 saturated carbocycles. The summed E-state index contributed by atoms with van der Waals surface area (Å²) in [7, 11) is 0. The maximum absolute atomic E-state index is 11.8. The van der Waals surface area contributed by atoms with E-state index in [4.69, 9.17) is 0 Å². The van der Waals surface area contributed by atoms with Crippen molar-refractivity contribution in [2.75, 3.05) is 23.3 Å². The van der Waals surface area contributed by atoms with E-state index in [0.29, 0.717) is 12.5 Å². The molecule has 1 aliphatic heterocycles. The molecule has 16 heavy (non-hydrogen) atoms. The first-order valence-electron chi connectivity index (χ1n) is 5.81. The van der Waals surface area contributed by atoms with Crippen molar-refractivity contribution in [3.63, 3.8) is 0 Å². The van der Waals surface area contributed by atoms with Crippen LogP contribution in [0.5, 0.6) is 0 Å². The lowest BCUT2D eigenvalue weighted by Crippen LogP contribution is -2.40. The minimum absolute atomic E-state index is 0.166. The van der Waals surface area contributed by atoms with Crippen molar-refractivity contribution in [3.8, 4) is 0 Å². The SMILES string of the molecule is CC(C)CCN1C(=O)CNc2ccccc21. The van der Waals surface area contributed by atoms with Gasteiger partial charge in [0.2, 0.25) is 5.91 Å². The number of carbonyl (C=O) groups excluding carboxylic acids is 1. The normalized spacial score (nSPS) is 14.9. The van der Waals surface area contributed by atoms with Gasteiger partial charge in [-0.15, -0.1) is 0 Å². The molecule has 0 bridgehead atoms. The predicted octanol–water partition coefficient (Wildman–Crippen LogP) is 2.49. The molecule has 1 aromatic carbocycles. The van der Waals surface area contributed by atoms with Crippen LogP contribution in [0.3, 0.4) is 0 Å². The molecule has 0 saturated heterocycles. The Morgan fingerprint density at radius 3 is 2.88 bits per heavy atom. The van der Waals surface area contributed by atoms with Gasteiger partial charge in [-0.05, 0) is 24.5 Å². The number of para-hydroxylation sites is 2. The van der Waals surface area contributed by atoms with E-state index in [1.807, 2.05) is 29.2 Å². The number of carbonyl (C=O) groups is 1. The lowest BCUT2D eigenvalue weighted by molar-refractivity contribution is -0.117. The third kappa shape index (κ3) is 2.18. The fourth-order valence-electron chi connectivity index (χ4n) is 1.89. The summed E-state index contributed by atoms with van der Waals surface area (Å²) in [5.74, 6) is 0.786. The van der Waals surface area contributed by atoms with Gasteiger partial charge in [0.15, 0.2) is 0 Å². The highest BCUT2D eigenvalue weighted by molar-refractivity contribution is 6.02. The highest BCUT2D eigenvalue weighted by atomic mass is 16.2. The monoisotopic (exact) mass is 218 g/mol. The number of anilines is 2. The number of nitrogens with zero attached hydrogens (tertiary/aromatic N) is 1. The van der Waals surface area contributed by atoms with Crippen LogP contribution in [0.25, 0.3) is 0 Å². The van der Waals surface area contributed by atoms with Crippen LogP contribution >= 0.6 is 0 Å². The number of rotatable bonds is 3. The molecular weight excluding hydrogens is 200 g/mol. The number of nitrogens with one attached hydrogen (secondary N) is 1. The largest absolute Gasteiger partial charge is 0.374 e. The Balaban J connectivity index is 2.19.